The molecule has 1 atom stereocenters. The van der Waals surface area contributed by atoms with Crippen LogP contribution in [0.4, 0.5) is 0 Å². The summed E-state index contributed by atoms with van der Waals surface area (Å²) in [5.41, 5.74) is 1.99. The van der Waals surface area contributed by atoms with Crippen molar-refractivity contribution in [2.45, 2.75) is 57.6 Å². The quantitative estimate of drug-likeness (QED) is 0.587. The molecule has 3 rings (SSSR count). The highest BCUT2D eigenvalue weighted by molar-refractivity contribution is 5.76. The molecule has 6 heteroatoms. The molecule has 0 bridgehead atoms. The Morgan fingerprint density at radius 1 is 1.03 bits per heavy atom. The fourth-order valence-corrected chi connectivity index (χ4v) is 3.98. The Labute approximate surface area is 184 Å². The van der Waals surface area contributed by atoms with Gasteiger partial charge in [-0.3, -0.25) is 4.79 Å². The van der Waals surface area contributed by atoms with Crippen LogP contribution in [-0.4, -0.2) is 33.3 Å². The molecule has 1 aliphatic carbocycles. The number of nitrogens with one attached hydrogen (secondary N) is 1. The molecule has 0 aromatic heterocycles. The standard InChI is InChI=1S/C25H33NO5/c1-17(19-15-22(28-2)25(30-4)23(16-19)29-3)26-24(27)13-12-18-8-7-11-21(14-18)31-20-9-5-6-10-20/h7-8,11,14-17,20H,5-6,9-10,12-13H2,1-4H3,(H,26,27). The number of hydrogen-bond acceptors (Lipinski definition) is 5. The van der Waals surface area contributed by atoms with Crippen molar-refractivity contribution in [3.63, 3.8) is 0 Å². The zero-order valence-corrected chi connectivity index (χ0v) is 18.9. The van der Waals surface area contributed by atoms with Crippen molar-refractivity contribution in [1.29, 1.82) is 0 Å². The third-order valence-corrected chi connectivity index (χ3v) is 5.71. The average Bonchev–Trinajstić information content (AvgIpc) is 3.29. The third-order valence-electron chi connectivity index (χ3n) is 5.71. The van der Waals surface area contributed by atoms with E-state index in [0.29, 0.717) is 36.2 Å². The van der Waals surface area contributed by atoms with E-state index in [1.807, 2.05) is 43.3 Å². The highest BCUT2D eigenvalue weighted by Crippen LogP contribution is 2.39. The number of rotatable bonds is 10. The lowest BCUT2D eigenvalue weighted by molar-refractivity contribution is -0.121. The lowest BCUT2D eigenvalue weighted by Crippen LogP contribution is -2.26. The fourth-order valence-electron chi connectivity index (χ4n) is 3.98. The summed E-state index contributed by atoms with van der Waals surface area (Å²) in [4.78, 5) is 12.6. The highest BCUT2D eigenvalue weighted by Gasteiger charge is 2.18. The maximum atomic E-state index is 12.6. The van der Waals surface area contributed by atoms with E-state index in [1.165, 1.54) is 12.8 Å². The molecule has 1 aliphatic rings. The lowest BCUT2D eigenvalue weighted by atomic mass is 10.1. The first kappa shape index (κ1) is 22.8. The molecule has 2 aromatic carbocycles. The van der Waals surface area contributed by atoms with Crippen LogP contribution in [0, 0.1) is 0 Å². The summed E-state index contributed by atoms with van der Waals surface area (Å²) in [6.07, 6.45) is 6.15. The van der Waals surface area contributed by atoms with E-state index in [4.69, 9.17) is 18.9 Å². The molecule has 31 heavy (non-hydrogen) atoms. The van der Waals surface area contributed by atoms with Crippen molar-refractivity contribution in [3.05, 3.63) is 47.5 Å². The number of amides is 1. The minimum absolute atomic E-state index is 0.0108. The van der Waals surface area contributed by atoms with Gasteiger partial charge in [0.15, 0.2) is 11.5 Å². The predicted molar refractivity (Wildman–Crippen MR) is 120 cm³/mol. The van der Waals surface area contributed by atoms with Crippen LogP contribution in [0.3, 0.4) is 0 Å². The number of carbonyl (C=O) groups is 1. The number of aryl methyl sites for hydroxylation is 1. The topological polar surface area (TPSA) is 66.0 Å². The zero-order chi connectivity index (χ0) is 22.2. The number of ether oxygens (including phenoxy) is 4. The maximum absolute atomic E-state index is 12.6. The van der Waals surface area contributed by atoms with Gasteiger partial charge in [0.2, 0.25) is 11.7 Å². The van der Waals surface area contributed by atoms with Crippen molar-refractivity contribution in [1.82, 2.24) is 5.32 Å². The molecular weight excluding hydrogens is 394 g/mol. The number of hydrogen-bond donors (Lipinski definition) is 1. The van der Waals surface area contributed by atoms with E-state index >= 15 is 0 Å². The molecule has 6 nitrogen and oxygen atoms in total. The van der Waals surface area contributed by atoms with Crippen LogP contribution in [0.5, 0.6) is 23.0 Å². The molecule has 0 aliphatic heterocycles. The van der Waals surface area contributed by atoms with E-state index in [2.05, 4.69) is 5.32 Å². The smallest absolute Gasteiger partial charge is 0.220 e. The molecule has 1 fully saturated rings. The second-order valence-electron chi connectivity index (χ2n) is 7.92. The molecule has 2 aromatic rings. The maximum Gasteiger partial charge on any atom is 0.220 e. The van der Waals surface area contributed by atoms with Crippen molar-refractivity contribution >= 4 is 5.91 Å². The molecule has 0 radical (unpaired) electrons. The average molecular weight is 428 g/mol. The van der Waals surface area contributed by atoms with Crippen LogP contribution in [0.15, 0.2) is 36.4 Å². The van der Waals surface area contributed by atoms with Gasteiger partial charge >= 0.3 is 0 Å². The molecule has 0 heterocycles. The van der Waals surface area contributed by atoms with Crippen LogP contribution >= 0.6 is 0 Å². The second-order valence-corrected chi connectivity index (χ2v) is 7.92. The van der Waals surface area contributed by atoms with Crippen LogP contribution in [-0.2, 0) is 11.2 Å². The van der Waals surface area contributed by atoms with Gasteiger partial charge in [-0.1, -0.05) is 12.1 Å². The van der Waals surface area contributed by atoms with Crippen LogP contribution < -0.4 is 24.3 Å². The summed E-state index contributed by atoms with van der Waals surface area (Å²) >= 11 is 0. The third kappa shape index (κ3) is 6.06. The van der Waals surface area contributed by atoms with Gasteiger partial charge in [-0.05, 0) is 74.4 Å². The largest absolute Gasteiger partial charge is 0.493 e. The Bertz CT molecular complexity index is 851. The Morgan fingerprint density at radius 2 is 1.71 bits per heavy atom. The number of methoxy groups -OCH3 is 3. The summed E-state index contributed by atoms with van der Waals surface area (Å²) in [6.45, 7) is 1.94. The Hall–Kier alpha value is -2.89. The minimum Gasteiger partial charge on any atom is -0.493 e. The molecule has 1 saturated carbocycles. The molecule has 168 valence electrons. The van der Waals surface area contributed by atoms with E-state index in [9.17, 15) is 4.79 Å². The Kier molecular flexibility index (Phi) is 8.04. The summed E-state index contributed by atoms with van der Waals surface area (Å²) in [7, 11) is 4.72. The first-order valence-corrected chi connectivity index (χ1v) is 10.9. The van der Waals surface area contributed by atoms with Gasteiger partial charge in [0.1, 0.15) is 5.75 Å². The van der Waals surface area contributed by atoms with E-state index in [1.54, 1.807) is 21.3 Å². The summed E-state index contributed by atoms with van der Waals surface area (Å²) in [5.74, 6) is 2.56. The first-order valence-electron chi connectivity index (χ1n) is 10.9. The van der Waals surface area contributed by atoms with Crippen molar-refractivity contribution in [3.8, 4) is 23.0 Å². The van der Waals surface area contributed by atoms with Gasteiger partial charge in [0.25, 0.3) is 0 Å². The highest BCUT2D eigenvalue weighted by atomic mass is 16.5. The number of carbonyl (C=O) groups excluding carboxylic acids is 1. The van der Waals surface area contributed by atoms with Gasteiger partial charge < -0.3 is 24.3 Å². The number of benzene rings is 2. The fraction of sp³-hybridized carbons (Fsp3) is 0.480. The predicted octanol–water partition coefficient (Wildman–Crippen LogP) is 4.84. The van der Waals surface area contributed by atoms with Gasteiger partial charge in [-0.25, -0.2) is 0 Å². The minimum atomic E-state index is -0.196. The molecular formula is C25H33NO5. The SMILES string of the molecule is COc1cc(C(C)NC(=O)CCc2cccc(OC3CCCC3)c2)cc(OC)c1OC. The van der Waals surface area contributed by atoms with Gasteiger partial charge in [0, 0.05) is 6.42 Å². The monoisotopic (exact) mass is 427 g/mol. The van der Waals surface area contributed by atoms with Gasteiger partial charge in [-0.2, -0.15) is 0 Å². The van der Waals surface area contributed by atoms with Crippen molar-refractivity contribution in [2.75, 3.05) is 21.3 Å². The van der Waals surface area contributed by atoms with E-state index in [-0.39, 0.29) is 11.9 Å². The zero-order valence-electron chi connectivity index (χ0n) is 18.9. The van der Waals surface area contributed by atoms with Gasteiger partial charge in [0.05, 0.1) is 33.5 Å². The summed E-state index contributed by atoms with van der Waals surface area (Å²) in [5, 5.41) is 3.06. The summed E-state index contributed by atoms with van der Waals surface area (Å²) in [6, 6.07) is 11.6. The second kappa shape index (κ2) is 10.9. The molecule has 0 saturated heterocycles. The van der Waals surface area contributed by atoms with Crippen molar-refractivity contribution < 1.29 is 23.7 Å². The Balaban J connectivity index is 1.57. The van der Waals surface area contributed by atoms with Crippen LogP contribution in [0.25, 0.3) is 0 Å². The lowest BCUT2D eigenvalue weighted by Gasteiger charge is -2.19. The molecule has 0 spiro atoms. The normalized spacial score (nSPS) is 14.7. The molecule has 1 unspecified atom stereocenters. The van der Waals surface area contributed by atoms with Crippen LogP contribution in [0.1, 0.15) is 56.2 Å². The first-order chi connectivity index (χ1) is 15.0. The van der Waals surface area contributed by atoms with Gasteiger partial charge in [-0.15, -0.1) is 0 Å². The van der Waals surface area contributed by atoms with E-state index in [0.717, 1.165) is 29.7 Å². The summed E-state index contributed by atoms with van der Waals surface area (Å²) < 4.78 is 22.3. The van der Waals surface area contributed by atoms with Crippen molar-refractivity contribution in [2.24, 2.45) is 0 Å². The van der Waals surface area contributed by atoms with E-state index < -0.39 is 0 Å². The molecule has 1 amide bonds. The van der Waals surface area contributed by atoms with Crippen LogP contribution in [0.2, 0.25) is 0 Å². The Morgan fingerprint density at radius 3 is 2.32 bits per heavy atom. The molecule has 1 N–H and O–H groups in total.